The first-order chi connectivity index (χ1) is 11.2. The first kappa shape index (κ1) is 22.3. The largest absolute Gasteiger partial charge is 0.480 e. The fraction of sp³-hybridized carbons (Fsp3) is 0.667. The minimum Gasteiger partial charge on any atom is -0.480 e. The molecule has 1 amide bonds. The van der Waals surface area contributed by atoms with E-state index in [-0.39, 0.29) is 18.5 Å². The molecule has 0 aromatic carbocycles. The van der Waals surface area contributed by atoms with E-state index in [1.54, 1.807) is 0 Å². The molecule has 0 saturated heterocycles. The highest BCUT2D eigenvalue weighted by atomic mass is 32.2. The van der Waals surface area contributed by atoms with E-state index in [9.17, 15) is 14.7 Å². The van der Waals surface area contributed by atoms with Gasteiger partial charge in [-0.25, -0.2) is 9.44 Å². The van der Waals surface area contributed by atoms with E-state index in [4.69, 9.17) is 15.4 Å². The second-order valence-corrected chi connectivity index (χ2v) is 5.50. The van der Waals surface area contributed by atoms with Crippen molar-refractivity contribution in [2.45, 2.75) is 51.9 Å². The van der Waals surface area contributed by atoms with Gasteiger partial charge in [-0.15, -0.1) is 0 Å². The summed E-state index contributed by atoms with van der Waals surface area (Å²) in [4.78, 5) is 24.1. The molecule has 3 atom stereocenters. The first-order valence-corrected chi connectivity index (χ1v) is 7.89. The third-order valence-corrected chi connectivity index (χ3v) is 3.15. The maximum absolute atomic E-state index is 10.8. The molecule has 0 aliphatic heterocycles. The number of nitrogens with two attached hydrogens (primary N) is 2. The smallest absolute Gasteiger partial charge is 0.324 e. The number of aliphatic hydroxyl groups excluding tert-OH is 1. The lowest BCUT2D eigenvalue weighted by Crippen LogP contribution is -2.42. The number of hydrogen-bond acceptors (Lipinski definition) is 10. The number of amides is 1. The lowest BCUT2D eigenvalue weighted by Gasteiger charge is -2.15. The van der Waals surface area contributed by atoms with Crippen LogP contribution in [0.2, 0.25) is 0 Å². The minimum absolute atomic E-state index is 0.243. The van der Waals surface area contributed by atoms with E-state index in [2.05, 4.69) is 25.3 Å². The van der Waals surface area contributed by atoms with Crippen LogP contribution in [0.15, 0.2) is 4.52 Å². The van der Waals surface area contributed by atoms with Crippen molar-refractivity contribution in [2.24, 2.45) is 11.5 Å². The number of aliphatic hydroxyl groups is 1. The van der Waals surface area contributed by atoms with E-state index >= 15 is 0 Å². The van der Waals surface area contributed by atoms with Gasteiger partial charge in [0, 0.05) is 19.1 Å². The van der Waals surface area contributed by atoms with Crippen molar-refractivity contribution in [3.05, 3.63) is 11.7 Å². The molecule has 0 aliphatic carbocycles. The van der Waals surface area contributed by atoms with E-state index in [0.29, 0.717) is 18.1 Å². The molecule has 1 heterocycles. The van der Waals surface area contributed by atoms with E-state index in [1.807, 2.05) is 6.92 Å². The lowest BCUT2D eigenvalue weighted by molar-refractivity contribution is -0.141. The van der Waals surface area contributed by atoms with Gasteiger partial charge in [0.2, 0.25) is 11.8 Å². The molecular formula is C12H24N6O5S. The molecule has 24 heavy (non-hydrogen) atoms. The summed E-state index contributed by atoms with van der Waals surface area (Å²) >= 11 is 0.936. The van der Waals surface area contributed by atoms with Gasteiger partial charge in [-0.2, -0.15) is 4.98 Å². The number of rotatable bonds is 9. The molecule has 138 valence electrons. The zero-order valence-corrected chi connectivity index (χ0v) is 14.5. The lowest BCUT2D eigenvalue weighted by atomic mass is 10.2. The Morgan fingerprint density at radius 3 is 2.50 bits per heavy atom. The molecule has 0 bridgehead atoms. The molecule has 8 N–H and O–H groups in total. The third-order valence-electron chi connectivity index (χ3n) is 2.49. The highest BCUT2D eigenvalue weighted by molar-refractivity contribution is 7.95. The van der Waals surface area contributed by atoms with Crippen LogP contribution in [0.1, 0.15) is 44.9 Å². The molecule has 0 radical (unpaired) electrons. The Morgan fingerprint density at radius 1 is 1.46 bits per heavy atom. The monoisotopic (exact) mass is 364 g/mol. The maximum Gasteiger partial charge on any atom is 0.324 e. The number of aromatic nitrogens is 2. The molecule has 0 aliphatic rings. The number of nitrogens with one attached hydrogen (secondary N) is 2. The van der Waals surface area contributed by atoms with Crippen molar-refractivity contribution >= 4 is 24.0 Å². The first-order valence-electron chi connectivity index (χ1n) is 7.08. The summed E-state index contributed by atoms with van der Waals surface area (Å²) in [5.74, 6) is -0.680. The standard InChI is InChI=1S/C10H19N5O4S.C2H5NO/c1-3-6(11)9-13-7(19-14-9)4-12-20-15-8(5(2)16)10(17)18;1-2(3)4/h5-6,8,12,15-16H,3-4,11H2,1-2H3,(H,17,18);1H3,(H2,3,4). The fourth-order valence-corrected chi connectivity index (χ4v) is 1.93. The van der Waals surface area contributed by atoms with Gasteiger partial charge in [0.1, 0.15) is 6.04 Å². The van der Waals surface area contributed by atoms with Gasteiger partial charge in [0.05, 0.1) is 18.7 Å². The van der Waals surface area contributed by atoms with Crippen molar-refractivity contribution in [1.29, 1.82) is 0 Å². The highest BCUT2D eigenvalue weighted by Gasteiger charge is 2.22. The van der Waals surface area contributed by atoms with Gasteiger partial charge >= 0.3 is 5.97 Å². The Labute approximate surface area is 143 Å². The van der Waals surface area contributed by atoms with Crippen LogP contribution in [0.25, 0.3) is 0 Å². The van der Waals surface area contributed by atoms with Crippen LogP contribution in [0, 0.1) is 0 Å². The second-order valence-electron chi connectivity index (χ2n) is 4.77. The van der Waals surface area contributed by atoms with Crippen LogP contribution in [-0.4, -0.2) is 44.4 Å². The van der Waals surface area contributed by atoms with Crippen LogP contribution in [0.4, 0.5) is 0 Å². The van der Waals surface area contributed by atoms with Gasteiger partial charge in [0.15, 0.2) is 5.82 Å². The number of primary amides is 1. The van der Waals surface area contributed by atoms with Crippen molar-refractivity contribution in [3.8, 4) is 0 Å². The van der Waals surface area contributed by atoms with Gasteiger partial charge < -0.3 is 26.2 Å². The third kappa shape index (κ3) is 9.42. The summed E-state index contributed by atoms with van der Waals surface area (Å²) in [6.45, 7) is 4.86. The molecule has 1 rings (SSSR count). The zero-order chi connectivity index (χ0) is 18.7. The number of aliphatic carboxylic acids is 1. The van der Waals surface area contributed by atoms with Gasteiger partial charge in [0.25, 0.3) is 0 Å². The quantitative estimate of drug-likeness (QED) is 0.234. The molecule has 12 heteroatoms. The van der Waals surface area contributed by atoms with E-state index in [0.717, 1.165) is 12.1 Å². The maximum atomic E-state index is 10.8. The highest BCUT2D eigenvalue weighted by Crippen LogP contribution is 2.09. The zero-order valence-electron chi connectivity index (χ0n) is 13.7. The SMILES string of the molecule is CC(N)=O.CCC(N)c1noc(CNSNC(C(=O)O)C(C)O)n1. The topological polar surface area (TPSA) is 190 Å². The fourth-order valence-electron chi connectivity index (χ4n) is 1.23. The minimum atomic E-state index is -1.14. The summed E-state index contributed by atoms with van der Waals surface area (Å²) in [6.07, 6.45) is -0.309. The molecule has 11 nitrogen and oxygen atoms in total. The van der Waals surface area contributed by atoms with E-state index in [1.165, 1.54) is 13.8 Å². The Kier molecular flexibility index (Phi) is 10.9. The van der Waals surface area contributed by atoms with Crippen LogP contribution in [-0.2, 0) is 16.1 Å². The van der Waals surface area contributed by atoms with Crippen molar-refractivity contribution in [1.82, 2.24) is 19.6 Å². The Balaban J connectivity index is 0.00000118. The molecule has 1 aromatic rings. The number of carbonyl (C=O) groups excluding carboxylic acids is 1. The van der Waals surface area contributed by atoms with Gasteiger partial charge in [-0.3, -0.25) is 9.59 Å². The number of carboxylic acid groups (broad SMARTS) is 1. The van der Waals surface area contributed by atoms with Crippen molar-refractivity contribution in [3.63, 3.8) is 0 Å². The summed E-state index contributed by atoms with van der Waals surface area (Å²) in [5.41, 5.74) is 10.2. The number of hydrogen-bond donors (Lipinski definition) is 6. The molecule has 1 aromatic heterocycles. The number of carboxylic acids is 1. The van der Waals surface area contributed by atoms with Crippen LogP contribution in [0.3, 0.4) is 0 Å². The van der Waals surface area contributed by atoms with Crippen molar-refractivity contribution < 1.29 is 24.3 Å². The predicted molar refractivity (Wildman–Crippen MR) is 87.1 cm³/mol. The molecule has 0 saturated carbocycles. The Morgan fingerprint density at radius 2 is 2.04 bits per heavy atom. The van der Waals surface area contributed by atoms with Gasteiger partial charge in [-0.05, 0) is 13.3 Å². The normalized spacial score (nSPS) is 14.2. The molecule has 0 fully saturated rings. The molecular weight excluding hydrogens is 340 g/mol. The Bertz CT molecular complexity index is 508. The summed E-state index contributed by atoms with van der Waals surface area (Å²) in [6, 6.07) is -1.33. The summed E-state index contributed by atoms with van der Waals surface area (Å²) < 4.78 is 10.4. The predicted octanol–water partition coefficient (Wildman–Crippen LogP) is -0.953. The number of carbonyl (C=O) groups is 2. The van der Waals surface area contributed by atoms with E-state index < -0.39 is 18.1 Å². The summed E-state index contributed by atoms with van der Waals surface area (Å²) in [5, 5.41) is 21.8. The number of nitrogens with zero attached hydrogens (tertiary/aromatic N) is 2. The molecule has 0 spiro atoms. The molecule has 3 unspecified atom stereocenters. The average molecular weight is 364 g/mol. The summed E-state index contributed by atoms with van der Waals surface area (Å²) in [7, 11) is 0. The van der Waals surface area contributed by atoms with Crippen LogP contribution in [0.5, 0.6) is 0 Å². The average Bonchev–Trinajstić information content (AvgIpc) is 2.93. The van der Waals surface area contributed by atoms with Crippen molar-refractivity contribution in [2.75, 3.05) is 0 Å². The van der Waals surface area contributed by atoms with Gasteiger partial charge in [-0.1, -0.05) is 12.1 Å². The van der Waals surface area contributed by atoms with Crippen LogP contribution >= 0.6 is 12.1 Å². The van der Waals surface area contributed by atoms with Crippen LogP contribution < -0.4 is 20.9 Å². The second kappa shape index (κ2) is 11.8. The Hall–Kier alpha value is -1.73.